The van der Waals surface area contributed by atoms with Crippen molar-refractivity contribution in [1.29, 1.82) is 0 Å². The third-order valence-corrected chi connectivity index (χ3v) is 2.77. The molecule has 0 saturated heterocycles. The summed E-state index contributed by atoms with van der Waals surface area (Å²) in [6, 6.07) is 3.60. The second kappa shape index (κ2) is 6.34. The van der Waals surface area contributed by atoms with Crippen molar-refractivity contribution in [3.63, 3.8) is 0 Å². The van der Waals surface area contributed by atoms with Crippen molar-refractivity contribution in [2.75, 3.05) is 6.61 Å². The van der Waals surface area contributed by atoms with E-state index in [9.17, 15) is 4.79 Å². The Labute approximate surface area is 92.7 Å². The molecule has 0 radical (unpaired) electrons. The summed E-state index contributed by atoms with van der Waals surface area (Å²) in [5, 5.41) is 0. The quantitative estimate of drug-likeness (QED) is 0.262. The summed E-state index contributed by atoms with van der Waals surface area (Å²) < 4.78 is 5.35. The minimum Gasteiger partial charge on any atom is -0.372 e. The SMILES string of the molecule is CC=CCOCc1ccc(C(=O)NN)s1. The number of nitrogens with one attached hydrogen (secondary N) is 1. The first-order chi connectivity index (χ1) is 7.27. The van der Waals surface area contributed by atoms with Gasteiger partial charge in [-0.05, 0) is 19.1 Å². The Balaban J connectivity index is 2.42. The number of amides is 1. The number of nitrogens with two attached hydrogens (primary N) is 1. The molecule has 0 fully saturated rings. The zero-order valence-corrected chi connectivity index (χ0v) is 9.34. The summed E-state index contributed by atoms with van der Waals surface area (Å²) in [7, 11) is 0. The zero-order valence-electron chi connectivity index (χ0n) is 8.53. The van der Waals surface area contributed by atoms with Crippen molar-refractivity contribution in [2.24, 2.45) is 5.84 Å². The number of carbonyl (C=O) groups excluding carboxylic acids is 1. The van der Waals surface area contributed by atoms with Crippen LogP contribution in [0.5, 0.6) is 0 Å². The van der Waals surface area contributed by atoms with Gasteiger partial charge >= 0.3 is 0 Å². The predicted molar refractivity (Wildman–Crippen MR) is 60.4 cm³/mol. The molecule has 0 aliphatic carbocycles. The van der Waals surface area contributed by atoms with Crippen LogP contribution in [0.15, 0.2) is 24.3 Å². The van der Waals surface area contributed by atoms with Crippen LogP contribution >= 0.6 is 11.3 Å². The topological polar surface area (TPSA) is 64.3 Å². The summed E-state index contributed by atoms with van der Waals surface area (Å²) in [4.78, 5) is 12.7. The van der Waals surface area contributed by atoms with E-state index in [0.29, 0.717) is 18.1 Å². The number of ether oxygens (including phenoxy) is 1. The van der Waals surface area contributed by atoms with E-state index < -0.39 is 0 Å². The molecule has 1 heterocycles. The lowest BCUT2D eigenvalue weighted by Gasteiger charge is -1.97. The van der Waals surface area contributed by atoms with Gasteiger partial charge in [-0.15, -0.1) is 11.3 Å². The molecular weight excluding hydrogens is 212 g/mol. The molecule has 0 bridgehead atoms. The van der Waals surface area contributed by atoms with Gasteiger partial charge in [0.1, 0.15) is 0 Å². The van der Waals surface area contributed by atoms with E-state index in [-0.39, 0.29) is 5.91 Å². The van der Waals surface area contributed by atoms with E-state index in [2.05, 4.69) is 5.43 Å². The predicted octanol–water partition coefficient (Wildman–Crippen LogP) is 1.44. The number of rotatable bonds is 5. The van der Waals surface area contributed by atoms with Gasteiger partial charge in [0.25, 0.3) is 5.91 Å². The highest BCUT2D eigenvalue weighted by atomic mass is 32.1. The maximum absolute atomic E-state index is 11.1. The molecule has 0 aliphatic rings. The molecular formula is C10H14N2O2S. The Hall–Kier alpha value is -1.17. The standard InChI is InChI=1S/C10H14N2O2S/c1-2-3-6-14-7-8-4-5-9(15-8)10(13)12-11/h2-5H,6-7,11H2,1H3,(H,12,13). The highest BCUT2D eigenvalue weighted by molar-refractivity contribution is 7.14. The number of hydrogen-bond donors (Lipinski definition) is 2. The van der Waals surface area contributed by atoms with Crippen LogP contribution in [0.3, 0.4) is 0 Å². The molecule has 1 aromatic heterocycles. The lowest BCUT2D eigenvalue weighted by molar-refractivity contribution is 0.0957. The normalized spacial score (nSPS) is 10.8. The van der Waals surface area contributed by atoms with E-state index in [1.165, 1.54) is 11.3 Å². The van der Waals surface area contributed by atoms with Crippen LogP contribution in [0.1, 0.15) is 21.5 Å². The van der Waals surface area contributed by atoms with Crippen molar-refractivity contribution in [2.45, 2.75) is 13.5 Å². The Bertz CT molecular complexity index is 347. The van der Waals surface area contributed by atoms with Crippen LogP contribution in [0.2, 0.25) is 0 Å². The van der Waals surface area contributed by atoms with Crippen LogP contribution in [0.25, 0.3) is 0 Å². The monoisotopic (exact) mass is 226 g/mol. The summed E-state index contributed by atoms with van der Waals surface area (Å²) in [5.41, 5.74) is 2.09. The largest absolute Gasteiger partial charge is 0.372 e. The van der Waals surface area contributed by atoms with Gasteiger partial charge in [0.05, 0.1) is 18.1 Å². The lowest BCUT2D eigenvalue weighted by Crippen LogP contribution is -2.29. The summed E-state index contributed by atoms with van der Waals surface area (Å²) in [6.07, 6.45) is 3.86. The number of nitrogen functional groups attached to an aromatic ring is 1. The molecule has 0 spiro atoms. The molecule has 0 aliphatic heterocycles. The van der Waals surface area contributed by atoms with Gasteiger partial charge in [0, 0.05) is 4.88 Å². The van der Waals surface area contributed by atoms with E-state index in [1.807, 2.05) is 25.1 Å². The molecule has 1 aromatic rings. The second-order valence-electron chi connectivity index (χ2n) is 2.82. The number of hydrazine groups is 1. The number of hydrogen-bond acceptors (Lipinski definition) is 4. The van der Waals surface area contributed by atoms with Gasteiger partial charge in [-0.2, -0.15) is 0 Å². The van der Waals surface area contributed by atoms with Crippen LogP contribution < -0.4 is 11.3 Å². The number of allylic oxidation sites excluding steroid dienone is 1. The first kappa shape index (κ1) is 11.9. The summed E-state index contributed by atoms with van der Waals surface area (Å²) in [5.74, 6) is 4.76. The van der Waals surface area contributed by atoms with Crippen LogP contribution in [0, 0.1) is 0 Å². The van der Waals surface area contributed by atoms with E-state index >= 15 is 0 Å². The molecule has 3 N–H and O–H groups in total. The third-order valence-electron chi connectivity index (χ3n) is 1.71. The molecule has 1 amide bonds. The molecule has 0 atom stereocenters. The zero-order chi connectivity index (χ0) is 11.1. The van der Waals surface area contributed by atoms with E-state index in [0.717, 1.165) is 4.88 Å². The molecule has 4 nitrogen and oxygen atoms in total. The summed E-state index contributed by atoms with van der Waals surface area (Å²) >= 11 is 1.38. The molecule has 0 saturated carbocycles. The van der Waals surface area contributed by atoms with Gasteiger partial charge in [-0.1, -0.05) is 12.2 Å². The van der Waals surface area contributed by atoms with Crippen molar-refractivity contribution in [1.82, 2.24) is 5.43 Å². The van der Waals surface area contributed by atoms with Crippen LogP contribution in [-0.2, 0) is 11.3 Å². The number of thiophene rings is 1. The highest BCUT2D eigenvalue weighted by Crippen LogP contribution is 2.16. The average Bonchev–Trinajstić information content (AvgIpc) is 2.72. The van der Waals surface area contributed by atoms with Crippen LogP contribution in [0.4, 0.5) is 0 Å². The Morgan fingerprint density at radius 2 is 2.47 bits per heavy atom. The van der Waals surface area contributed by atoms with Crippen LogP contribution in [-0.4, -0.2) is 12.5 Å². The Morgan fingerprint density at radius 3 is 3.13 bits per heavy atom. The Morgan fingerprint density at radius 1 is 1.67 bits per heavy atom. The van der Waals surface area contributed by atoms with Gasteiger partial charge < -0.3 is 4.74 Å². The van der Waals surface area contributed by atoms with Crippen molar-refractivity contribution >= 4 is 17.2 Å². The first-order valence-corrected chi connectivity index (χ1v) is 5.38. The van der Waals surface area contributed by atoms with Crippen molar-refractivity contribution < 1.29 is 9.53 Å². The molecule has 0 unspecified atom stereocenters. The molecule has 15 heavy (non-hydrogen) atoms. The fraction of sp³-hybridized carbons (Fsp3) is 0.300. The van der Waals surface area contributed by atoms with Gasteiger partial charge in [0.2, 0.25) is 0 Å². The molecule has 0 aromatic carbocycles. The van der Waals surface area contributed by atoms with Gasteiger partial charge in [0.15, 0.2) is 0 Å². The molecule has 5 heteroatoms. The fourth-order valence-electron chi connectivity index (χ4n) is 0.972. The van der Waals surface area contributed by atoms with Crippen molar-refractivity contribution in [3.8, 4) is 0 Å². The van der Waals surface area contributed by atoms with E-state index in [1.54, 1.807) is 6.07 Å². The highest BCUT2D eigenvalue weighted by Gasteiger charge is 2.06. The smallest absolute Gasteiger partial charge is 0.275 e. The van der Waals surface area contributed by atoms with Gasteiger partial charge in [-0.25, -0.2) is 5.84 Å². The maximum Gasteiger partial charge on any atom is 0.275 e. The van der Waals surface area contributed by atoms with Gasteiger partial charge in [-0.3, -0.25) is 10.2 Å². The summed E-state index contributed by atoms with van der Waals surface area (Å²) in [6.45, 7) is 3.05. The number of carbonyl (C=O) groups is 1. The first-order valence-electron chi connectivity index (χ1n) is 4.56. The average molecular weight is 226 g/mol. The Kier molecular flexibility index (Phi) is 5.03. The minimum absolute atomic E-state index is 0.264. The maximum atomic E-state index is 11.1. The molecule has 1 rings (SSSR count). The lowest BCUT2D eigenvalue weighted by atomic mass is 10.4. The third kappa shape index (κ3) is 3.83. The second-order valence-corrected chi connectivity index (χ2v) is 3.99. The molecule has 82 valence electrons. The van der Waals surface area contributed by atoms with E-state index in [4.69, 9.17) is 10.6 Å². The minimum atomic E-state index is -0.264. The van der Waals surface area contributed by atoms with Crippen molar-refractivity contribution in [3.05, 3.63) is 34.0 Å². The fourth-order valence-corrected chi connectivity index (χ4v) is 1.82.